The number of carbonyl (C=O) groups excluding carboxylic acids is 1. The van der Waals surface area contributed by atoms with Crippen molar-refractivity contribution in [1.82, 2.24) is 10.2 Å². The van der Waals surface area contributed by atoms with Gasteiger partial charge in [0.05, 0.1) is 0 Å². The standard InChI is InChI=1S/C17H25ClN2O/c1-12(2)20(11-14-5-4-8-19-10-14)17(21)16-7-6-15(18)9-13(16)3/h6-7,9,12,14,19H,4-5,8,10-11H2,1-3H3. The Kier molecular flexibility index (Phi) is 5.65. The molecule has 1 aliphatic rings. The number of nitrogens with one attached hydrogen (secondary N) is 1. The number of hydrogen-bond acceptors (Lipinski definition) is 2. The van der Waals surface area contributed by atoms with Crippen LogP contribution in [0.3, 0.4) is 0 Å². The van der Waals surface area contributed by atoms with Crippen molar-refractivity contribution in [2.24, 2.45) is 5.92 Å². The number of amides is 1. The zero-order chi connectivity index (χ0) is 15.4. The minimum Gasteiger partial charge on any atom is -0.336 e. The van der Waals surface area contributed by atoms with E-state index in [1.165, 1.54) is 12.8 Å². The van der Waals surface area contributed by atoms with E-state index in [9.17, 15) is 4.79 Å². The largest absolute Gasteiger partial charge is 0.336 e. The van der Waals surface area contributed by atoms with Gasteiger partial charge in [-0.1, -0.05) is 11.6 Å². The molecular formula is C17H25ClN2O. The molecule has 1 unspecified atom stereocenters. The second kappa shape index (κ2) is 7.28. The smallest absolute Gasteiger partial charge is 0.254 e. The van der Waals surface area contributed by atoms with Crippen LogP contribution in [0.1, 0.15) is 42.6 Å². The predicted octanol–water partition coefficient (Wildman–Crippen LogP) is 3.50. The lowest BCUT2D eigenvalue weighted by Gasteiger charge is -2.33. The second-order valence-electron chi connectivity index (χ2n) is 6.22. The third kappa shape index (κ3) is 4.21. The number of piperidine rings is 1. The molecule has 1 fully saturated rings. The summed E-state index contributed by atoms with van der Waals surface area (Å²) in [5.41, 5.74) is 1.71. The van der Waals surface area contributed by atoms with Gasteiger partial charge < -0.3 is 10.2 Å². The lowest BCUT2D eigenvalue weighted by molar-refractivity contribution is 0.0660. The van der Waals surface area contributed by atoms with Gasteiger partial charge in [0, 0.05) is 23.2 Å². The summed E-state index contributed by atoms with van der Waals surface area (Å²) in [6.45, 7) is 9.04. The van der Waals surface area contributed by atoms with E-state index >= 15 is 0 Å². The van der Waals surface area contributed by atoms with Crippen LogP contribution in [0.25, 0.3) is 0 Å². The van der Waals surface area contributed by atoms with E-state index in [0.29, 0.717) is 10.9 Å². The Morgan fingerprint density at radius 2 is 2.24 bits per heavy atom. The topological polar surface area (TPSA) is 32.3 Å². The summed E-state index contributed by atoms with van der Waals surface area (Å²) < 4.78 is 0. The molecule has 1 amide bonds. The summed E-state index contributed by atoms with van der Waals surface area (Å²) in [4.78, 5) is 14.8. The minimum atomic E-state index is 0.116. The molecule has 1 N–H and O–H groups in total. The molecule has 1 atom stereocenters. The Balaban J connectivity index is 2.14. The first-order valence-corrected chi connectivity index (χ1v) is 8.14. The highest BCUT2D eigenvalue weighted by molar-refractivity contribution is 6.30. The molecule has 3 nitrogen and oxygen atoms in total. The molecular weight excluding hydrogens is 284 g/mol. The molecule has 0 spiro atoms. The summed E-state index contributed by atoms with van der Waals surface area (Å²) >= 11 is 5.99. The average molecular weight is 309 g/mol. The van der Waals surface area contributed by atoms with Crippen molar-refractivity contribution < 1.29 is 4.79 Å². The number of rotatable bonds is 4. The Morgan fingerprint density at radius 1 is 1.48 bits per heavy atom. The predicted molar refractivity (Wildman–Crippen MR) is 88.0 cm³/mol. The quantitative estimate of drug-likeness (QED) is 0.923. The molecule has 4 heteroatoms. The molecule has 0 aromatic heterocycles. The number of aryl methyl sites for hydroxylation is 1. The summed E-state index contributed by atoms with van der Waals surface area (Å²) in [7, 11) is 0. The Labute approximate surface area is 132 Å². The molecule has 1 aromatic rings. The number of hydrogen-bond donors (Lipinski definition) is 1. The van der Waals surface area contributed by atoms with Gasteiger partial charge in [-0.15, -0.1) is 0 Å². The highest BCUT2D eigenvalue weighted by Gasteiger charge is 2.24. The van der Waals surface area contributed by atoms with Gasteiger partial charge in [0.2, 0.25) is 0 Å². The van der Waals surface area contributed by atoms with Crippen LogP contribution >= 0.6 is 11.6 Å². The molecule has 1 aliphatic heterocycles. The third-order valence-corrected chi connectivity index (χ3v) is 4.39. The highest BCUT2D eigenvalue weighted by atomic mass is 35.5. The molecule has 2 rings (SSSR count). The van der Waals surface area contributed by atoms with Crippen molar-refractivity contribution in [3.05, 3.63) is 34.3 Å². The van der Waals surface area contributed by atoms with Crippen molar-refractivity contribution in [3.63, 3.8) is 0 Å². The van der Waals surface area contributed by atoms with Gasteiger partial charge in [-0.25, -0.2) is 0 Å². The fourth-order valence-corrected chi connectivity index (χ4v) is 3.13. The third-order valence-electron chi connectivity index (χ3n) is 4.16. The van der Waals surface area contributed by atoms with Crippen LogP contribution in [0.5, 0.6) is 0 Å². The molecule has 0 bridgehead atoms. The van der Waals surface area contributed by atoms with Crippen LogP contribution in [0.4, 0.5) is 0 Å². The van der Waals surface area contributed by atoms with Crippen LogP contribution in [-0.4, -0.2) is 36.5 Å². The summed E-state index contributed by atoms with van der Waals surface area (Å²) in [6.07, 6.45) is 2.40. The molecule has 0 radical (unpaired) electrons. The van der Waals surface area contributed by atoms with Gasteiger partial charge >= 0.3 is 0 Å². The first kappa shape index (κ1) is 16.3. The normalized spacial score (nSPS) is 18.8. The number of halogens is 1. The fraction of sp³-hybridized carbons (Fsp3) is 0.588. The van der Waals surface area contributed by atoms with E-state index in [2.05, 4.69) is 19.2 Å². The van der Waals surface area contributed by atoms with Gasteiger partial charge in [-0.2, -0.15) is 0 Å². The van der Waals surface area contributed by atoms with Crippen molar-refractivity contribution in [2.45, 2.75) is 39.7 Å². The number of carbonyl (C=O) groups is 1. The number of benzene rings is 1. The molecule has 1 saturated heterocycles. The second-order valence-corrected chi connectivity index (χ2v) is 6.66. The zero-order valence-corrected chi connectivity index (χ0v) is 13.9. The van der Waals surface area contributed by atoms with E-state index in [0.717, 1.165) is 30.8 Å². The Bertz CT molecular complexity index is 496. The van der Waals surface area contributed by atoms with E-state index in [4.69, 9.17) is 11.6 Å². The molecule has 1 heterocycles. The SMILES string of the molecule is Cc1cc(Cl)ccc1C(=O)N(CC1CCCNC1)C(C)C. The summed E-state index contributed by atoms with van der Waals surface area (Å²) in [6, 6.07) is 5.70. The zero-order valence-electron chi connectivity index (χ0n) is 13.2. The first-order valence-electron chi connectivity index (χ1n) is 7.77. The van der Waals surface area contributed by atoms with Crippen LogP contribution in [-0.2, 0) is 0 Å². The maximum absolute atomic E-state index is 12.9. The van der Waals surface area contributed by atoms with Crippen molar-refractivity contribution in [2.75, 3.05) is 19.6 Å². The van der Waals surface area contributed by atoms with Crippen LogP contribution in [0, 0.1) is 12.8 Å². The van der Waals surface area contributed by atoms with Crippen molar-refractivity contribution in [3.8, 4) is 0 Å². The number of nitrogens with zero attached hydrogens (tertiary/aromatic N) is 1. The van der Waals surface area contributed by atoms with Crippen LogP contribution in [0.15, 0.2) is 18.2 Å². The van der Waals surface area contributed by atoms with Gasteiger partial charge in [0.25, 0.3) is 5.91 Å². The van der Waals surface area contributed by atoms with E-state index in [1.54, 1.807) is 6.07 Å². The highest BCUT2D eigenvalue weighted by Crippen LogP contribution is 2.20. The first-order chi connectivity index (χ1) is 9.99. The summed E-state index contributed by atoms with van der Waals surface area (Å²) in [5, 5.41) is 4.10. The monoisotopic (exact) mass is 308 g/mol. The average Bonchev–Trinajstić information content (AvgIpc) is 2.45. The molecule has 21 heavy (non-hydrogen) atoms. The fourth-order valence-electron chi connectivity index (χ4n) is 2.91. The van der Waals surface area contributed by atoms with E-state index in [-0.39, 0.29) is 11.9 Å². The molecule has 1 aromatic carbocycles. The van der Waals surface area contributed by atoms with Crippen LogP contribution in [0.2, 0.25) is 5.02 Å². The van der Waals surface area contributed by atoms with Crippen LogP contribution < -0.4 is 5.32 Å². The Hall–Kier alpha value is -1.06. The maximum atomic E-state index is 12.9. The summed E-state index contributed by atoms with van der Waals surface area (Å²) in [5.74, 6) is 0.669. The lowest BCUT2D eigenvalue weighted by atomic mass is 9.97. The molecule has 0 saturated carbocycles. The minimum absolute atomic E-state index is 0.116. The van der Waals surface area contributed by atoms with E-state index in [1.807, 2.05) is 24.0 Å². The molecule has 0 aliphatic carbocycles. The van der Waals surface area contributed by atoms with E-state index < -0.39 is 0 Å². The van der Waals surface area contributed by atoms with Gasteiger partial charge in [-0.05, 0) is 76.4 Å². The van der Waals surface area contributed by atoms with Crippen molar-refractivity contribution in [1.29, 1.82) is 0 Å². The van der Waals surface area contributed by atoms with Gasteiger partial charge in [-0.3, -0.25) is 4.79 Å². The maximum Gasteiger partial charge on any atom is 0.254 e. The van der Waals surface area contributed by atoms with Crippen molar-refractivity contribution >= 4 is 17.5 Å². The Morgan fingerprint density at radius 3 is 2.81 bits per heavy atom. The lowest BCUT2D eigenvalue weighted by Crippen LogP contribution is -2.44. The van der Waals surface area contributed by atoms with Gasteiger partial charge in [0.1, 0.15) is 0 Å². The molecule has 116 valence electrons. The van der Waals surface area contributed by atoms with Gasteiger partial charge in [0.15, 0.2) is 0 Å².